The van der Waals surface area contributed by atoms with Gasteiger partial charge in [-0.2, -0.15) is 0 Å². The molecular weight excluding hydrogens is 694 g/mol. The molecule has 0 aliphatic heterocycles. The molecule has 6 heteroatoms. The summed E-state index contributed by atoms with van der Waals surface area (Å²) < 4.78 is 1.21. The van der Waals surface area contributed by atoms with Crippen molar-refractivity contribution in [2.45, 2.75) is 46.0 Å². The first kappa shape index (κ1) is 33.5. The van der Waals surface area contributed by atoms with Gasteiger partial charge in [0.1, 0.15) is 0 Å². The predicted molar refractivity (Wildman–Crippen MR) is 171 cm³/mol. The van der Waals surface area contributed by atoms with Crippen molar-refractivity contribution in [3.63, 3.8) is 0 Å². The normalized spacial score (nSPS) is 23.5. The van der Waals surface area contributed by atoms with Gasteiger partial charge in [0.05, 0.1) is 0 Å². The smallest absolute Gasteiger partial charge is 1.00 e. The van der Waals surface area contributed by atoms with Crippen LogP contribution in [0.1, 0.15) is 36.8 Å². The van der Waals surface area contributed by atoms with Crippen molar-refractivity contribution in [3.05, 3.63) is 164 Å². The average molecular weight is 728 g/mol. The van der Waals surface area contributed by atoms with E-state index in [-0.39, 0.29) is 36.6 Å². The van der Waals surface area contributed by atoms with E-state index in [9.17, 15) is 0 Å². The Labute approximate surface area is 281 Å². The zero-order valence-corrected chi connectivity index (χ0v) is 30.7. The molecular formula is C36H34Cl4SiZr. The largest absolute Gasteiger partial charge is 1.00 e. The van der Waals surface area contributed by atoms with Gasteiger partial charge in [-0.05, 0) is 0 Å². The van der Waals surface area contributed by atoms with Gasteiger partial charge in [-0.25, -0.2) is 0 Å². The van der Waals surface area contributed by atoms with E-state index >= 15 is 0 Å². The molecule has 4 unspecified atom stereocenters. The summed E-state index contributed by atoms with van der Waals surface area (Å²) in [6.07, 6.45) is 23.7. The molecule has 2 aromatic rings. The second-order valence-electron chi connectivity index (χ2n) is 11.5. The molecule has 0 amide bonds. The van der Waals surface area contributed by atoms with Gasteiger partial charge in [-0.3, -0.25) is 0 Å². The van der Waals surface area contributed by atoms with Gasteiger partial charge in [0.15, 0.2) is 0 Å². The van der Waals surface area contributed by atoms with Crippen molar-refractivity contribution in [1.82, 2.24) is 0 Å². The first-order chi connectivity index (χ1) is 19.3. The topological polar surface area (TPSA) is 0 Å². The fourth-order valence-electron chi connectivity index (χ4n) is 6.94. The maximum Gasteiger partial charge on any atom is -1.00 e. The third kappa shape index (κ3) is 6.37. The molecule has 0 heterocycles. The molecule has 0 radical (unpaired) electrons. The molecule has 0 bridgehead atoms. The van der Waals surface area contributed by atoms with Crippen LogP contribution >= 0.6 is 23.2 Å². The molecule has 0 saturated heterocycles. The van der Waals surface area contributed by atoms with Crippen LogP contribution in [-0.4, -0.2) is 5.43 Å². The van der Waals surface area contributed by atoms with Gasteiger partial charge in [0.25, 0.3) is 0 Å². The summed E-state index contributed by atoms with van der Waals surface area (Å²) in [5, 5.41) is 1.58. The number of benzene rings is 2. The summed E-state index contributed by atoms with van der Waals surface area (Å²) >= 11 is 10.4. The maximum absolute atomic E-state index is 6.26. The average Bonchev–Trinajstić information content (AvgIpc) is 3.21. The van der Waals surface area contributed by atoms with Crippen LogP contribution in [0.4, 0.5) is 0 Å². The van der Waals surface area contributed by atoms with E-state index in [0.29, 0.717) is 7.25 Å². The van der Waals surface area contributed by atoms with E-state index in [4.69, 9.17) is 23.2 Å². The molecule has 4 aliphatic rings. The Bertz CT molecular complexity index is 1530. The number of hydrogen-bond donors (Lipinski definition) is 0. The van der Waals surface area contributed by atoms with Crippen LogP contribution in [0, 0.1) is 0 Å². The van der Waals surface area contributed by atoms with Crippen molar-refractivity contribution < 1.29 is 45.2 Å². The van der Waals surface area contributed by atoms with Crippen LogP contribution in [-0.2, 0) is 20.4 Å². The summed E-state index contributed by atoms with van der Waals surface area (Å²) in [5.74, 6) is 0.532. The molecule has 0 spiro atoms. The molecule has 214 valence electrons. The Kier molecular flexibility index (Phi) is 11.3. The van der Waals surface area contributed by atoms with E-state index in [1.165, 1.54) is 22.3 Å². The Hall–Kier alpha value is -1.38. The molecule has 2 aromatic carbocycles. The van der Waals surface area contributed by atoms with Gasteiger partial charge >= 0.3 is 259 Å². The molecule has 42 heavy (non-hydrogen) atoms. The van der Waals surface area contributed by atoms with Crippen LogP contribution in [0.5, 0.6) is 0 Å². The van der Waals surface area contributed by atoms with Gasteiger partial charge in [0, 0.05) is 0 Å². The Morgan fingerprint density at radius 3 is 1.31 bits per heavy atom. The Morgan fingerprint density at radius 2 is 0.952 bits per heavy atom. The summed E-state index contributed by atoms with van der Waals surface area (Å²) in [5.41, 5.74) is 11.4. The van der Waals surface area contributed by atoms with E-state index in [1.807, 2.05) is 24.3 Å². The number of allylic oxidation sites excluding steroid dienone is 16. The van der Waals surface area contributed by atoms with Crippen molar-refractivity contribution in [2.24, 2.45) is 0 Å². The van der Waals surface area contributed by atoms with Gasteiger partial charge < -0.3 is 24.8 Å². The van der Waals surface area contributed by atoms with Crippen molar-refractivity contribution in [2.75, 3.05) is 0 Å². The zero-order valence-electron chi connectivity index (χ0n) is 24.2. The minimum absolute atomic E-state index is 0. The van der Waals surface area contributed by atoms with E-state index in [2.05, 4.69) is 112 Å². The monoisotopic (exact) mass is 724 g/mol. The molecule has 0 saturated carbocycles. The second-order valence-corrected chi connectivity index (χ2v) is 30.2. The van der Waals surface area contributed by atoms with Crippen molar-refractivity contribution in [1.29, 1.82) is 0 Å². The van der Waals surface area contributed by atoms with E-state index in [1.54, 1.807) is 22.3 Å². The quantitative estimate of drug-likeness (QED) is 0.386. The molecule has 4 atom stereocenters. The molecule has 0 N–H and O–H groups in total. The predicted octanol–water partition coefficient (Wildman–Crippen LogP) is 5.08. The van der Waals surface area contributed by atoms with Crippen LogP contribution in [0.25, 0.3) is 0 Å². The minimum atomic E-state index is -2.16. The minimum Gasteiger partial charge on any atom is -1.00 e. The van der Waals surface area contributed by atoms with Crippen LogP contribution in [0.2, 0.25) is 30.4 Å². The zero-order chi connectivity index (χ0) is 28.0. The van der Waals surface area contributed by atoms with E-state index in [0.717, 1.165) is 10.0 Å². The fraction of sp³-hybridized carbons (Fsp3) is 0.222. The Morgan fingerprint density at radius 1 is 0.571 bits per heavy atom. The number of halogens is 4. The molecule has 4 aliphatic carbocycles. The van der Waals surface area contributed by atoms with Crippen molar-refractivity contribution in [3.8, 4) is 0 Å². The van der Waals surface area contributed by atoms with Crippen molar-refractivity contribution >= 4 is 28.6 Å². The summed E-state index contributed by atoms with van der Waals surface area (Å²) in [7, 11) is 0. The van der Waals surface area contributed by atoms with Gasteiger partial charge in [0.2, 0.25) is 0 Å². The van der Waals surface area contributed by atoms with Crippen LogP contribution in [0.3, 0.4) is 0 Å². The maximum atomic E-state index is 6.26. The summed E-state index contributed by atoms with van der Waals surface area (Å²) in [6.45, 7) is 10.0. The van der Waals surface area contributed by atoms with E-state index < -0.39 is 25.8 Å². The van der Waals surface area contributed by atoms with Crippen LogP contribution in [0.15, 0.2) is 143 Å². The Balaban J connectivity index is 0.00000202. The SMILES string of the molecule is CC1=CC2=C(C=CC=CC2c2ccc(Cl)cc2)[CH]1[Zr+2]([CH]1C(C)=CC2=C1C=CC=CC2c1ccc(Cl)cc1)=[Si](C)C.[Cl-].[Cl-]. The first-order valence-corrected chi connectivity index (χ1v) is 23.8. The second kappa shape index (κ2) is 14.2. The molecule has 0 nitrogen and oxygen atoms in total. The molecule has 0 fully saturated rings. The number of rotatable bonds is 4. The van der Waals surface area contributed by atoms with Gasteiger partial charge in [-0.1, -0.05) is 0 Å². The van der Waals surface area contributed by atoms with Gasteiger partial charge in [-0.15, -0.1) is 0 Å². The molecule has 6 rings (SSSR count). The van der Waals surface area contributed by atoms with Crippen LogP contribution < -0.4 is 24.8 Å². The third-order valence-corrected chi connectivity index (χ3v) is 29.1. The first-order valence-electron chi connectivity index (χ1n) is 14.1. The summed E-state index contributed by atoms with van der Waals surface area (Å²) in [4.78, 5) is 0. The number of hydrogen-bond acceptors (Lipinski definition) is 0. The standard InChI is InChI=1S/2C17H14Cl.C2H6Si.2ClH.Zr/c2*1-12-10-14-4-2-3-5-16(17(14)11-12)13-6-8-15(18)9-7-13;1-3-2;;;/h2*2-11,16H,1H3;1-2H3;2*1H;/q;;;;;+2/p-2. The molecule has 0 aromatic heterocycles. The fourth-order valence-corrected chi connectivity index (χ4v) is 28.0. The summed E-state index contributed by atoms with van der Waals surface area (Å²) in [6, 6.07) is 16.9. The third-order valence-electron chi connectivity index (χ3n) is 8.67.